The Balaban J connectivity index is 1.65. The molecule has 0 aliphatic rings. The van der Waals surface area contributed by atoms with E-state index in [0.29, 0.717) is 11.3 Å². The highest BCUT2D eigenvalue weighted by Crippen LogP contribution is 2.34. The van der Waals surface area contributed by atoms with E-state index in [0.717, 1.165) is 44.7 Å². The molecule has 2 aromatic carbocycles. The molecule has 0 fully saturated rings. The lowest BCUT2D eigenvalue weighted by molar-refractivity contribution is 0.100. The van der Waals surface area contributed by atoms with E-state index in [-0.39, 0.29) is 5.54 Å². The van der Waals surface area contributed by atoms with E-state index in [4.69, 9.17) is 10.7 Å². The summed E-state index contributed by atoms with van der Waals surface area (Å²) in [6.45, 7) is 8.12. The summed E-state index contributed by atoms with van der Waals surface area (Å²) in [5.74, 6) is -0.470. The largest absolute Gasteiger partial charge is 0.380 e. The zero-order chi connectivity index (χ0) is 25.6. The normalized spacial score (nSPS) is 11.7. The molecule has 5 rings (SSSR count). The van der Waals surface area contributed by atoms with Crippen LogP contribution in [0.2, 0.25) is 0 Å². The molecule has 0 saturated heterocycles. The highest BCUT2D eigenvalue weighted by molar-refractivity contribution is 6.02. The number of carbonyl (C=O) groups excluding carboxylic acids is 1. The van der Waals surface area contributed by atoms with Crippen LogP contribution in [0.4, 0.5) is 5.69 Å². The number of hydrogen-bond donors (Lipinski definition) is 2. The van der Waals surface area contributed by atoms with Crippen molar-refractivity contribution < 1.29 is 4.79 Å². The van der Waals surface area contributed by atoms with Gasteiger partial charge in [0, 0.05) is 58.3 Å². The number of carbonyl (C=O) groups is 1. The molecule has 0 aliphatic heterocycles. The van der Waals surface area contributed by atoms with Gasteiger partial charge in [-0.25, -0.2) is 4.98 Å². The molecule has 8 heteroatoms. The average Bonchev–Trinajstić information content (AvgIpc) is 3.46. The maximum Gasteiger partial charge on any atom is 0.250 e. The van der Waals surface area contributed by atoms with E-state index < -0.39 is 5.91 Å². The second-order valence-corrected chi connectivity index (χ2v) is 10.1. The molecule has 3 aromatic heterocycles. The number of nitrogens with two attached hydrogens (primary N) is 1. The predicted molar refractivity (Wildman–Crippen MR) is 143 cm³/mol. The van der Waals surface area contributed by atoms with Crippen LogP contribution in [0.15, 0.2) is 67.4 Å². The highest BCUT2D eigenvalue weighted by atomic mass is 16.1. The first-order valence-corrected chi connectivity index (χ1v) is 11.8. The Morgan fingerprint density at radius 1 is 1.03 bits per heavy atom. The molecule has 1 amide bonds. The number of pyridine rings is 1. The third-order valence-corrected chi connectivity index (χ3v) is 5.91. The van der Waals surface area contributed by atoms with Gasteiger partial charge < -0.3 is 15.6 Å². The minimum Gasteiger partial charge on any atom is -0.380 e. The molecule has 0 unspecified atom stereocenters. The molecule has 3 heterocycles. The van der Waals surface area contributed by atoms with Gasteiger partial charge in [0.1, 0.15) is 0 Å². The van der Waals surface area contributed by atoms with Crippen molar-refractivity contribution in [3.63, 3.8) is 0 Å². The zero-order valence-electron chi connectivity index (χ0n) is 21.1. The molecule has 3 N–H and O–H groups in total. The third kappa shape index (κ3) is 4.45. The van der Waals surface area contributed by atoms with Crippen molar-refractivity contribution in [2.24, 2.45) is 12.8 Å². The van der Waals surface area contributed by atoms with Gasteiger partial charge in [-0.05, 0) is 52.0 Å². The van der Waals surface area contributed by atoms with E-state index in [1.807, 2.05) is 76.2 Å². The summed E-state index contributed by atoms with van der Waals surface area (Å²) >= 11 is 0. The molecule has 0 bridgehead atoms. The molecular weight excluding hydrogens is 450 g/mol. The Hall–Kier alpha value is -4.46. The van der Waals surface area contributed by atoms with Gasteiger partial charge in [-0.2, -0.15) is 5.10 Å². The van der Waals surface area contributed by atoms with Crippen molar-refractivity contribution in [2.45, 2.75) is 33.2 Å². The molecule has 182 valence electrons. The number of fused-ring (bicyclic) bond motifs is 1. The van der Waals surface area contributed by atoms with Crippen LogP contribution in [-0.2, 0) is 7.05 Å². The number of primary amides is 1. The fourth-order valence-corrected chi connectivity index (χ4v) is 4.41. The Bertz CT molecular complexity index is 1600. The summed E-state index contributed by atoms with van der Waals surface area (Å²) in [7, 11) is 1.89. The summed E-state index contributed by atoms with van der Waals surface area (Å²) in [6.07, 6.45) is 7.58. The third-order valence-electron chi connectivity index (χ3n) is 5.91. The van der Waals surface area contributed by atoms with Crippen LogP contribution >= 0.6 is 0 Å². The van der Waals surface area contributed by atoms with Crippen LogP contribution in [0.3, 0.4) is 0 Å². The number of aryl methyl sites for hydroxylation is 2. The highest BCUT2D eigenvalue weighted by Gasteiger charge is 2.18. The number of hydrogen-bond acceptors (Lipinski definition) is 5. The van der Waals surface area contributed by atoms with Gasteiger partial charge >= 0.3 is 0 Å². The maximum absolute atomic E-state index is 12.1. The molecule has 0 saturated carbocycles. The Labute approximate surface area is 209 Å². The fourth-order valence-electron chi connectivity index (χ4n) is 4.41. The van der Waals surface area contributed by atoms with Gasteiger partial charge in [-0.15, -0.1) is 0 Å². The summed E-state index contributed by atoms with van der Waals surface area (Å²) in [4.78, 5) is 21.6. The first-order chi connectivity index (χ1) is 17.1. The Morgan fingerprint density at radius 2 is 1.83 bits per heavy atom. The SMILES string of the molecule is Cc1cc2c(-n3cnc(-c4cnn(C)c4)c3)cccc2c(-c2ccc(C(N)=O)c(NC(C)(C)C)c2)n1. The Morgan fingerprint density at radius 3 is 2.53 bits per heavy atom. The van der Waals surface area contributed by atoms with Gasteiger partial charge in [-0.3, -0.25) is 14.5 Å². The number of nitrogens with zero attached hydrogens (tertiary/aromatic N) is 5. The zero-order valence-corrected chi connectivity index (χ0v) is 21.1. The number of anilines is 1. The van der Waals surface area contributed by atoms with E-state index in [2.05, 4.69) is 33.6 Å². The van der Waals surface area contributed by atoms with E-state index in [1.165, 1.54) is 0 Å². The molecular formula is C28H29N7O. The molecule has 8 nitrogen and oxygen atoms in total. The number of rotatable bonds is 5. The van der Waals surface area contributed by atoms with Gasteiger partial charge in [-0.1, -0.05) is 18.2 Å². The Kier molecular flexibility index (Phi) is 5.59. The second-order valence-electron chi connectivity index (χ2n) is 10.1. The van der Waals surface area contributed by atoms with Crippen molar-refractivity contribution in [3.8, 4) is 28.2 Å². The number of nitrogens with one attached hydrogen (secondary N) is 1. The van der Waals surface area contributed by atoms with E-state index in [1.54, 1.807) is 16.9 Å². The van der Waals surface area contributed by atoms with Crippen LogP contribution < -0.4 is 11.1 Å². The van der Waals surface area contributed by atoms with Crippen molar-refractivity contribution in [1.82, 2.24) is 24.3 Å². The summed E-state index contributed by atoms with van der Waals surface area (Å²) < 4.78 is 3.79. The maximum atomic E-state index is 12.1. The van der Waals surface area contributed by atoms with Gasteiger partial charge in [0.25, 0.3) is 5.91 Å². The van der Waals surface area contributed by atoms with E-state index >= 15 is 0 Å². The second kappa shape index (κ2) is 8.64. The number of aromatic nitrogens is 5. The summed E-state index contributed by atoms with van der Waals surface area (Å²) in [6, 6.07) is 13.9. The average molecular weight is 480 g/mol. The quantitative estimate of drug-likeness (QED) is 0.365. The lowest BCUT2D eigenvalue weighted by Gasteiger charge is -2.24. The minimum atomic E-state index is -0.470. The molecule has 0 radical (unpaired) electrons. The molecule has 36 heavy (non-hydrogen) atoms. The first kappa shape index (κ1) is 23.3. The molecule has 0 atom stereocenters. The van der Waals surface area contributed by atoms with Crippen molar-refractivity contribution in [2.75, 3.05) is 5.32 Å². The number of amides is 1. The topological polar surface area (TPSA) is 104 Å². The van der Waals surface area contributed by atoms with Crippen LogP contribution in [0, 0.1) is 6.92 Å². The van der Waals surface area contributed by atoms with Crippen molar-refractivity contribution >= 4 is 22.4 Å². The minimum absolute atomic E-state index is 0.245. The first-order valence-electron chi connectivity index (χ1n) is 11.8. The van der Waals surface area contributed by atoms with Crippen LogP contribution in [-0.4, -0.2) is 35.8 Å². The van der Waals surface area contributed by atoms with Crippen LogP contribution in [0.1, 0.15) is 36.8 Å². The lowest BCUT2D eigenvalue weighted by atomic mass is 9.98. The van der Waals surface area contributed by atoms with Crippen LogP contribution in [0.5, 0.6) is 0 Å². The lowest BCUT2D eigenvalue weighted by Crippen LogP contribution is -2.28. The standard InChI is InChI=1S/C28H29N7O/c1-17-11-22-20(7-6-8-25(22)35-15-24(30-16-35)19-13-31-34(5)14-19)26(32-17)18-9-10-21(27(29)36)23(12-18)33-28(2,3)4/h6-16,33H,1-5H3,(H2,29,36). The van der Waals surface area contributed by atoms with Gasteiger partial charge in [0.2, 0.25) is 0 Å². The smallest absolute Gasteiger partial charge is 0.250 e. The summed E-state index contributed by atoms with van der Waals surface area (Å²) in [5.41, 5.74) is 12.0. The van der Waals surface area contributed by atoms with Gasteiger partial charge in [0.15, 0.2) is 0 Å². The van der Waals surface area contributed by atoms with Crippen LogP contribution in [0.25, 0.3) is 39.0 Å². The van der Waals surface area contributed by atoms with Crippen molar-refractivity contribution in [1.29, 1.82) is 0 Å². The molecule has 5 aromatic rings. The predicted octanol–water partition coefficient (Wildman–Crippen LogP) is 5.11. The molecule has 0 spiro atoms. The monoisotopic (exact) mass is 479 g/mol. The van der Waals surface area contributed by atoms with E-state index in [9.17, 15) is 4.79 Å². The van der Waals surface area contributed by atoms with Gasteiger partial charge in [0.05, 0.1) is 35.2 Å². The summed E-state index contributed by atoms with van der Waals surface area (Å²) in [5, 5.41) is 9.72. The van der Waals surface area contributed by atoms with Crippen molar-refractivity contribution in [3.05, 3.63) is 78.6 Å². The molecule has 0 aliphatic carbocycles. The fraction of sp³-hybridized carbons (Fsp3) is 0.214. The number of benzene rings is 2. The number of imidazole rings is 1.